The molecule has 3 rings (SSSR count). The third kappa shape index (κ3) is 3.67. The number of fused-ring (bicyclic) bond motifs is 1. The van der Waals surface area contributed by atoms with Crippen LogP contribution in [0.15, 0.2) is 23.3 Å². The van der Waals surface area contributed by atoms with Crippen LogP contribution < -0.4 is 5.01 Å². The number of nitrogens with zero attached hydrogens (tertiary/aromatic N) is 5. The summed E-state index contributed by atoms with van der Waals surface area (Å²) in [5.41, 5.74) is 10.1. The van der Waals surface area contributed by atoms with Crippen LogP contribution in [-0.4, -0.2) is 48.4 Å². The van der Waals surface area contributed by atoms with Crippen LogP contribution in [0.5, 0.6) is 0 Å². The summed E-state index contributed by atoms with van der Waals surface area (Å²) >= 11 is 0. The molecular weight excluding hydrogens is 338 g/mol. The number of ether oxygens (including phenoxy) is 2. The van der Waals surface area contributed by atoms with E-state index >= 15 is 0 Å². The van der Waals surface area contributed by atoms with E-state index in [-0.39, 0.29) is 6.54 Å². The highest BCUT2D eigenvalue weighted by molar-refractivity contribution is 5.91. The number of amides is 1. The minimum absolute atomic E-state index is 0.0946. The van der Waals surface area contributed by atoms with Crippen molar-refractivity contribution in [3.63, 3.8) is 0 Å². The maximum Gasteiger partial charge on any atom is 0.429 e. The van der Waals surface area contributed by atoms with Gasteiger partial charge in [0.05, 0.1) is 24.3 Å². The average Bonchev–Trinajstić information content (AvgIpc) is 3.13. The molecule has 1 atom stereocenters. The second-order valence-corrected chi connectivity index (χ2v) is 7.22. The molecule has 0 bridgehead atoms. The van der Waals surface area contributed by atoms with E-state index in [9.17, 15) is 9.59 Å². The van der Waals surface area contributed by atoms with E-state index in [4.69, 9.17) is 15.0 Å². The molecule has 1 aromatic rings. The lowest BCUT2D eigenvalue weighted by Gasteiger charge is -2.28. The fourth-order valence-corrected chi connectivity index (χ4v) is 3.00. The topological polar surface area (TPSA) is 108 Å². The summed E-state index contributed by atoms with van der Waals surface area (Å²) in [6.07, 6.45) is -0.204. The van der Waals surface area contributed by atoms with Crippen LogP contribution in [0, 0.1) is 0 Å². The molecule has 1 unspecified atom stereocenters. The van der Waals surface area contributed by atoms with Crippen molar-refractivity contribution >= 4 is 17.7 Å². The molecule has 0 aliphatic carbocycles. The Morgan fingerprint density at radius 3 is 2.88 bits per heavy atom. The summed E-state index contributed by atoms with van der Waals surface area (Å²) in [5, 5.41) is 6.76. The third-order valence-electron chi connectivity index (χ3n) is 4.09. The fourth-order valence-electron chi connectivity index (χ4n) is 3.00. The number of esters is 1. The van der Waals surface area contributed by atoms with Crippen LogP contribution in [0.4, 0.5) is 10.5 Å². The second kappa shape index (κ2) is 6.76. The molecule has 0 aromatic heterocycles. The predicted molar refractivity (Wildman–Crippen MR) is 93.6 cm³/mol. The Balaban J connectivity index is 1.80. The lowest BCUT2D eigenvalue weighted by Crippen LogP contribution is -2.43. The third-order valence-corrected chi connectivity index (χ3v) is 4.09. The summed E-state index contributed by atoms with van der Waals surface area (Å²) in [5.74, 6) is -0.405. The maximum absolute atomic E-state index is 12.3. The largest absolute Gasteiger partial charge is 0.456 e. The van der Waals surface area contributed by atoms with E-state index in [2.05, 4.69) is 10.0 Å². The Morgan fingerprint density at radius 1 is 1.42 bits per heavy atom. The minimum atomic E-state index is -0.580. The molecule has 1 saturated heterocycles. The van der Waals surface area contributed by atoms with Gasteiger partial charge in [-0.05, 0) is 50.4 Å². The summed E-state index contributed by atoms with van der Waals surface area (Å²) < 4.78 is 10.7. The molecule has 26 heavy (non-hydrogen) atoms. The highest BCUT2D eigenvalue weighted by atomic mass is 16.6. The standard InChI is InChI=1S/C17H21N5O4/c1-17(2,3)26-15(23)12-5-4-11-6-7-21(14(11)8-12)22-10-13(9-19-20-18)25-16(22)24/h4-5,8,13H,6-7,9-10H2,1-3H3. The Kier molecular flexibility index (Phi) is 4.65. The highest BCUT2D eigenvalue weighted by Crippen LogP contribution is 2.32. The van der Waals surface area contributed by atoms with Gasteiger partial charge in [0, 0.05) is 11.5 Å². The van der Waals surface area contributed by atoms with Crippen LogP contribution in [-0.2, 0) is 15.9 Å². The van der Waals surface area contributed by atoms with Gasteiger partial charge in [0.15, 0.2) is 0 Å². The number of azide groups is 1. The molecule has 0 spiro atoms. The molecule has 9 heteroatoms. The molecule has 2 heterocycles. The molecule has 138 valence electrons. The number of carbonyl (C=O) groups excluding carboxylic acids is 2. The van der Waals surface area contributed by atoms with Gasteiger partial charge in [-0.15, -0.1) is 0 Å². The normalized spacial score (nSPS) is 19.0. The zero-order valence-electron chi connectivity index (χ0n) is 15.0. The van der Waals surface area contributed by atoms with Gasteiger partial charge in [0.1, 0.15) is 11.7 Å². The lowest BCUT2D eigenvalue weighted by atomic mass is 10.1. The smallest absolute Gasteiger partial charge is 0.429 e. The van der Waals surface area contributed by atoms with E-state index in [1.807, 2.05) is 31.8 Å². The number of carbonyl (C=O) groups is 2. The summed E-state index contributed by atoms with van der Waals surface area (Å²) in [6, 6.07) is 5.36. The summed E-state index contributed by atoms with van der Waals surface area (Å²) in [4.78, 5) is 27.2. The van der Waals surface area contributed by atoms with E-state index in [0.717, 1.165) is 17.7 Å². The molecule has 1 fully saturated rings. The van der Waals surface area contributed by atoms with Gasteiger partial charge in [0.25, 0.3) is 0 Å². The Labute approximate surface area is 151 Å². The minimum Gasteiger partial charge on any atom is -0.456 e. The molecule has 1 amide bonds. The molecule has 0 radical (unpaired) electrons. The van der Waals surface area contributed by atoms with Gasteiger partial charge >= 0.3 is 12.1 Å². The van der Waals surface area contributed by atoms with Gasteiger partial charge in [-0.2, -0.15) is 0 Å². The van der Waals surface area contributed by atoms with Crippen LogP contribution in [0.3, 0.4) is 0 Å². The van der Waals surface area contributed by atoms with Crippen molar-refractivity contribution in [3.05, 3.63) is 39.8 Å². The predicted octanol–water partition coefficient (Wildman–Crippen LogP) is 3.05. The van der Waals surface area contributed by atoms with Crippen molar-refractivity contribution in [1.29, 1.82) is 0 Å². The van der Waals surface area contributed by atoms with Crippen molar-refractivity contribution in [2.24, 2.45) is 5.11 Å². The van der Waals surface area contributed by atoms with Crippen LogP contribution in [0.1, 0.15) is 36.7 Å². The van der Waals surface area contributed by atoms with E-state index in [1.165, 1.54) is 5.01 Å². The number of hydrogen-bond acceptors (Lipinski definition) is 6. The number of cyclic esters (lactones) is 1. The quantitative estimate of drug-likeness (QED) is 0.355. The Bertz CT molecular complexity index is 782. The van der Waals surface area contributed by atoms with Crippen LogP contribution in [0.2, 0.25) is 0 Å². The van der Waals surface area contributed by atoms with E-state index in [1.54, 1.807) is 12.1 Å². The van der Waals surface area contributed by atoms with Gasteiger partial charge in [0.2, 0.25) is 0 Å². The number of anilines is 1. The molecule has 0 N–H and O–H groups in total. The molecule has 9 nitrogen and oxygen atoms in total. The van der Waals surface area contributed by atoms with Crippen molar-refractivity contribution < 1.29 is 19.1 Å². The first-order chi connectivity index (χ1) is 12.3. The van der Waals surface area contributed by atoms with Gasteiger partial charge in [-0.3, -0.25) is 5.01 Å². The van der Waals surface area contributed by atoms with Gasteiger partial charge in [-0.25, -0.2) is 14.6 Å². The highest BCUT2D eigenvalue weighted by Gasteiger charge is 2.38. The zero-order valence-corrected chi connectivity index (χ0v) is 15.0. The van der Waals surface area contributed by atoms with E-state index < -0.39 is 23.8 Å². The second-order valence-electron chi connectivity index (χ2n) is 7.22. The number of hydrogen-bond donors (Lipinski definition) is 0. The van der Waals surface area contributed by atoms with Crippen LogP contribution >= 0.6 is 0 Å². The number of rotatable bonds is 4. The first kappa shape index (κ1) is 17.9. The molecule has 2 aliphatic heterocycles. The number of benzene rings is 1. The number of hydrazine groups is 1. The Morgan fingerprint density at radius 2 is 2.19 bits per heavy atom. The lowest BCUT2D eigenvalue weighted by molar-refractivity contribution is 0.00695. The summed E-state index contributed by atoms with van der Waals surface area (Å²) in [7, 11) is 0. The van der Waals surface area contributed by atoms with Gasteiger partial charge < -0.3 is 9.47 Å². The maximum atomic E-state index is 12.3. The monoisotopic (exact) mass is 359 g/mol. The molecule has 0 saturated carbocycles. The fraction of sp³-hybridized carbons (Fsp3) is 0.529. The van der Waals surface area contributed by atoms with E-state index in [0.29, 0.717) is 18.7 Å². The van der Waals surface area contributed by atoms with Crippen molar-refractivity contribution in [2.75, 3.05) is 24.6 Å². The Hall–Kier alpha value is -2.93. The first-order valence-electron chi connectivity index (χ1n) is 8.41. The summed E-state index contributed by atoms with van der Waals surface area (Å²) in [6.45, 7) is 6.44. The first-order valence-corrected chi connectivity index (χ1v) is 8.41. The van der Waals surface area contributed by atoms with Crippen molar-refractivity contribution in [2.45, 2.75) is 38.9 Å². The average molecular weight is 359 g/mol. The van der Waals surface area contributed by atoms with Crippen molar-refractivity contribution in [3.8, 4) is 0 Å². The molecule has 2 aliphatic rings. The molecular formula is C17H21N5O4. The molecule has 1 aromatic carbocycles. The van der Waals surface area contributed by atoms with Crippen molar-refractivity contribution in [1.82, 2.24) is 5.01 Å². The van der Waals surface area contributed by atoms with Crippen LogP contribution in [0.25, 0.3) is 10.4 Å². The zero-order chi connectivity index (χ0) is 18.9. The van der Waals surface area contributed by atoms with Gasteiger partial charge in [-0.1, -0.05) is 11.2 Å². The SMILES string of the molecule is CC(C)(C)OC(=O)c1ccc2c(c1)N(N1CC(CN=[N+]=[N-])OC1=O)CC2.